The predicted octanol–water partition coefficient (Wildman–Crippen LogP) is 3.31. The zero-order valence-electron chi connectivity index (χ0n) is 12.6. The first-order valence-corrected chi connectivity index (χ1v) is 7.66. The summed E-state index contributed by atoms with van der Waals surface area (Å²) in [6.07, 6.45) is 6.42. The SMILES string of the molecule is COC(=O)[C@]12CCC(C)C[C@@H]1O[C@]1(C)CCC[C@@]12C. The van der Waals surface area contributed by atoms with Crippen LogP contribution in [0.15, 0.2) is 0 Å². The van der Waals surface area contributed by atoms with Crippen LogP contribution in [-0.2, 0) is 14.3 Å². The quantitative estimate of drug-likeness (QED) is 0.683. The summed E-state index contributed by atoms with van der Waals surface area (Å²) in [6.45, 7) is 6.75. The molecular weight excluding hydrogens is 240 g/mol. The Hall–Kier alpha value is -0.570. The minimum absolute atomic E-state index is 0.0301. The minimum Gasteiger partial charge on any atom is -0.468 e. The van der Waals surface area contributed by atoms with Gasteiger partial charge >= 0.3 is 5.97 Å². The van der Waals surface area contributed by atoms with Crippen LogP contribution in [-0.4, -0.2) is 24.8 Å². The second kappa shape index (κ2) is 3.97. The van der Waals surface area contributed by atoms with E-state index in [1.165, 1.54) is 7.11 Å². The van der Waals surface area contributed by atoms with Crippen LogP contribution >= 0.6 is 0 Å². The van der Waals surface area contributed by atoms with Gasteiger partial charge in [0.05, 0.1) is 18.8 Å². The van der Waals surface area contributed by atoms with Crippen LogP contribution in [0.2, 0.25) is 0 Å². The summed E-state index contributed by atoms with van der Waals surface area (Å²) in [5, 5.41) is 0. The Bertz CT molecular complexity index is 407. The molecule has 1 heterocycles. The molecule has 3 heteroatoms. The highest BCUT2D eigenvalue weighted by Crippen LogP contribution is 2.69. The van der Waals surface area contributed by atoms with Crippen molar-refractivity contribution in [2.24, 2.45) is 16.7 Å². The highest BCUT2D eigenvalue weighted by Gasteiger charge is 2.74. The second-order valence-corrected chi connectivity index (χ2v) is 7.37. The number of esters is 1. The average Bonchev–Trinajstić information content (AvgIpc) is 2.74. The van der Waals surface area contributed by atoms with Gasteiger partial charge in [0.25, 0.3) is 0 Å². The van der Waals surface area contributed by atoms with Crippen molar-refractivity contribution in [2.75, 3.05) is 7.11 Å². The van der Waals surface area contributed by atoms with Gasteiger partial charge in [0.1, 0.15) is 5.41 Å². The summed E-state index contributed by atoms with van der Waals surface area (Å²) in [7, 11) is 1.53. The Labute approximate surface area is 116 Å². The smallest absolute Gasteiger partial charge is 0.315 e. The zero-order chi connectivity index (χ0) is 13.9. The van der Waals surface area contributed by atoms with E-state index in [1.54, 1.807) is 0 Å². The van der Waals surface area contributed by atoms with Gasteiger partial charge in [-0.3, -0.25) is 4.79 Å². The van der Waals surface area contributed by atoms with Gasteiger partial charge in [-0.15, -0.1) is 0 Å². The van der Waals surface area contributed by atoms with Crippen molar-refractivity contribution in [3.8, 4) is 0 Å². The minimum atomic E-state index is -0.403. The van der Waals surface area contributed by atoms with E-state index >= 15 is 0 Å². The molecule has 3 nitrogen and oxygen atoms in total. The number of ether oxygens (including phenoxy) is 2. The molecule has 0 aromatic heterocycles. The monoisotopic (exact) mass is 266 g/mol. The highest BCUT2D eigenvalue weighted by molar-refractivity contribution is 5.80. The van der Waals surface area contributed by atoms with E-state index in [-0.39, 0.29) is 23.1 Å². The summed E-state index contributed by atoms with van der Waals surface area (Å²) in [5.74, 6) is 0.617. The number of carbonyl (C=O) groups excluding carboxylic acids is 1. The summed E-state index contributed by atoms with van der Waals surface area (Å²) in [4.78, 5) is 12.7. The Morgan fingerprint density at radius 3 is 2.68 bits per heavy atom. The third kappa shape index (κ3) is 1.40. The maximum absolute atomic E-state index is 12.7. The summed E-state index contributed by atoms with van der Waals surface area (Å²) in [6, 6.07) is 0. The van der Waals surface area contributed by atoms with Crippen molar-refractivity contribution in [3.05, 3.63) is 0 Å². The molecule has 108 valence electrons. The molecule has 0 N–H and O–H groups in total. The molecule has 0 aromatic rings. The first-order valence-electron chi connectivity index (χ1n) is 7.66. The number of fused-ring (bicyclic) bond motifs is 3. The molecule has 3 rings (SSSR count). The van der Waals surface area contributed by atoms with Crippen LogP contribution < -0.4 is 0 Å². The fourth-order valence-electron chi connectivity index (χ4n) is 5.26. The Morgan fingerprint density at radius 2 is 2.00 bits per heavy atom. The van der Waals surface area contributed by atoms with Crippen molar-refractivity contribution in [1.82, 2.24) is 0 Å². The van der Waals surface area contributed by atoms with Crippen molar-refractivity contribution < 1.29 is 14.3 Å². The molecule has 19 heavy (non-hydrogen) atoms. The van der Waals surface area contributed by atoms with Crippen LogP contribution in [0, 0.1) is 16.7 Å². The molecule has 0 bridgehead atoms. The zero-order valence-corrected chi connectivity index (χ0v) is 12.6. The van der Waals surface area contributed by atoms with E-state index in [1.807, 2.05) is 0 Å². The van der Waals surface area contributed by atoms with Crippen LogP contribution in [0.4, 0.5) is 0 Å². The largest absolute Gasteiger partial charge is 0.468 e. The van der Waals surface area contributed by atoms with E-state index in [9.17, 15) is 4.79 Å². The molecule has 0 aromatic carbocycles. The number of carbonyl (C=O) groups is 1. The van der Waals surface area contributed by atoms with E-state index in [4.69, 9.17) is 9.47 Å². The first-order chi connectivity index (χ1) is 8.89. The van der Waals surface area contributed by atoms with Crippen LogP contribution in [0.1, 0.15) is 59.3 Å². The van der Waals surface area contributed by atoms with Gasteiger partial charge in [0.15, 0.2) is 0 Å². The third-order valence-electron chi connectivity index (χ3n) is 6.63. The predicted molar refractivity (Wildman–Crippen MR) is 72.7 cm³/mol. The van der Waals surface area contributed by atoms with Gasteiger partial charge in [-0.25, -0.2) is 0 Å². The second-order valence-electron chi connectivity index (χ2n) is 7.37. The maximum Gasteiger partial charge on any atom is 0.315 e. The fraction of sp³-hybridized carbons (Fsp3) is 0.938. The molecule has 1 saturated heterocycles. The molecule has 1 aliphatic heterocycles. The molecule has 0 amide bonds. The molecule has 0 spiro atoms. The Morgan fingerprint density at radius 1 is 1.26 bits per heavy atom. The van der Waals surface area contributed by atoms with E-state index in [0.717, 1.165) is 38.5 Å². The lowest BCUT2D eigenvalue weighted by Gasteiger charge is -2.47. The van der Waals surface area contributed by atoms with E-state index < -0.39 is 5.41 Å². The molecule has 3 aliphatic rings. The number of rotatable bonds is 1. The van der Waals surface area contributed by atoms with Gasteiger partial charge in [-0.1, -0.05) is 13.8 Å². The highest BCUT2D eigenvalue weighted by atomic mass is 16.5. The molecule has 0 radical (unpaired) electrons. The van der Waals surface area contributed by atoms with Gasteiger partial charge < -0.3 is 9.47 Å². The van der Waals surface area contributed by atoms with Crippen LogP contribution in [0.3, 0.4) is 0 Å². The van der Waals surface area contributed by atoms with Crippen LogP contribution in [0.5, 0.6) is 0 Å². The van der Waals surface area contributed by atoms with Crippen LogP contribution in [0.25, 0.3) is 0 Å². The average molecular weight is 266 g/mol. The molecule has 2 saturated carbocycles. The first kappa shape index (κ1) is 13.4. The Balaban J connectivity index is 2.10. The molecule has 1 unspecified atom stereocenters. The van der Waals surface area contributed by atoms with Crippen molar-refractivity contribution in [2.45, 2.75) is 71.0 Å². The van der Waals surface area contributed by atoms with Gasteiger partial charge in [0, 0.05) is 5.41 Å². The molecule has 5 atom stereocenters. The van der Waals surface area contributed by atoms with Crippen molar-refractivity contribution in [3.63, 3.8) is 0 Å². The van der Waals surface area contributed by atoms with Crippen molar-refractivity contribution in [1.29, 1.82) is 0 Å². The molecule has 2 aliphatic carbocycles. The van der Waals surface area contributed by atoms with Gasteiger partial charge in [-0.05, 0) is 51.4 Å². The lowest BCUT2D eigenvalue weighted by atomic mass is 9.53. The number of methoxy groups -OCH3 is 1. The summed E-state index contributed by atoms with van der Waals surface area (Å²) >= 11 is 0. The van der Waals surface area contributed by atoms with Crippen molar-refractivity contribution >= 4 is 5.97 Å². The molecular formula is C16H26O3. The fourth-order valence-corrected chi connectivity index (χ4v) is 5.26. The topological polar surface area (TPSA) is 35.5 Å². The Kier molecular flexibility index (Phi) is 2.80. The van der Waals surface area contributed by atoms with Gasteiger partial charge in [0.2, 0.25) is 0 Å². The van der Waals surface area contributed by atoms with Gasteiger partial charge in [-0.2, -0.15) is 0 Å². The maximum atomic E-state index is 12.7. The summed E-state index contributed by atoms with van der Waals surface area (Å²) < 4.78 is 11.7. The number of hydrogen-bond acceptors (Lipinski definition) is 3. The normalized spacial score (nSPS) is 52.6. The van der Waals surface area contributed by atoms with E-state index in [2.05, 4.69) is 20.8 Å². The molecule has 3 fully saturated rings. The lowest BCUT2D eigenvalue weighted by Crippen LogP contribution is -2.54. The summed E-state index contributed by atoms with van der Waals surface area (Å²) in [5.41, 5.74) is -0.604. The third-order valence-corrected chi connectivity index (χ3v) is 6.63. The standard InChI is InChI=1S/C16H26O3/c1-11-6-9-16(13(17)18-4)12(10-11)19-15(3)8-5-7-14(15,16)2/h11-12H,5-10H2,1-4H3/t11?,12-,14-,15+,16-/m0/s1. The number of hydrogen-bond donors (Lipinski definition) is 0. The lowest BCUT2D eigenvalue weighted by molar-refractivity contribution is -0.167. The van der Waals surface area contributed by atoms with E-state index in [0.29, 0.717) is 5.92 Å².